The topological polar surface area (TPSA) is 65.1 Å². The summed E-state index contributed by atoms with van der Waals surface area (Å²) in [5, 5.41) is 0. The Morgan fingerprint density at radius 2 is 1.45 bits per heavy atom. The summed E-state index contributed by atoms with van der Waals surface area (Å²) in [6, 6.07) is 3.22. The molecule has 38 heavy (non-hydrogen) atoms. The van der Waals surface area contributed by atoms with Crippen molar-refractivity contribution in [2.45, 2.75) is 97.2 Å². The fourth-order valence-corrected chi connectivity index (χ4v) is 3.85. The monoisotopic (exact) mass is 555 g/mol. The van der Waals surface area contributed by atoms with Gasteiger partial charge in [-0.2, -0.15) is 22.0 Å². The van der Waals surface area contributed by atoms with Gasteiger partial charge in [-0.1, -0.05) is 47.0 Å². The van der Waals surface area contributed by atoms with E-state index in [0.717, 1.165) is 32.1 Å². The van der Waals surface area contributed by atoms with Gasteiger partial charge in [0.25, 0.3) is 11.7 Å². The molecule has 2 rings (SSSR count). The lowest BCUT2D eigenvalue weighted by molar-refractivity contribution is -0.284. The number of carbonyl (C=O) groups is 2. The maximum absolute atomic E-state index is 12.7. The van der Waals surface area contributed by atoms with Crippen LogP contribution in [0.2, 0.25) is 0 Å². The molecule has 0 aromatic heterocycles. The van der Waals surface area contributed by atoms with Gasteiger partial charge < -0.3 is 19.1 Å². The summed E-state index contributed by atoms with van der Waals surface area (Å²) in [7, 11) is 4.46. The summed E-state index contributed by atoms with van der Waals surface area (Å²) in [6.07, 6.45) is -1.25. The van der Waals surface area contributed by atoms with Crippen LogP contribution in [-0.4, -0.2) is 62.6 Å². The van der Waals surface area contributed by atoms with Crippen molar-refractivity contribution in [2.75, 3.05) is 27.9 Å². The Balaban J connectivity index is 0.000000887. The van der Waals surface area contributed by atoms with E-state index in [4.69, 9.17) is 14.2 Å². The molecule has 1 aliphatic rings. The van der Waals surface area contributed by atoms with E-state index in [1.54, 1.807) is 11.8 Å². The molecule has 11 heteroatoms. The van der Waals surface area contributed by atoms with Crippen LogP contribution in [0.1, 0.15) is 89.4 Å². The zero-order valence-corrected chi connectivity index (χ0v) is 23.5. The third kappa shape index (κ3) is 9.94. The molecule has 1 amide bonds. The highest BCUT2D eigenvalue weighted by atomic mass is 19.4. The maximum Gasteiger partial charge on any atom is 0.453 e. The molecule has 6 nitrogen and oxygen atoms in total. The van der Waals surface area contributed by atoms with Crippen molar-refractivity contribution in [1.29, 1.82) is 0 Å². The summed E-state index contributed by atoms with van der Waals surface area (Å²) in [4.78, 5) is 27.2. The number of likely N-dealkylation sites (tertiary alicyclic amines) is 1. The molecule has 220 valence electrons. The molecule has 1 unspecified atom stereocenters. The number of ketones is 1. The van der Waals surface area contributed by atoms with Crippen LogP contribution in [-0.2, 0) is 4.79 Å². The van der Waals surface area contributed by atoms with Crippen LogP contribution in [0, 0.1) is 0 Å². The fourth-order valence-electron chi connectivity index (χ4n) is 3.85. The molecule has 1 aromatic rings. The van der Waals surface area contributed by atoms with E-state index < -0.39 is 30.2 Å². The third-order valence-electron chi connectivity index (χ3n) is 5.91. The second kappa shape index (κ2) is 17.1. The maximum atomic E-state index is 12.7. The van der Waals surface area contributed by atoms with E-state index in [1.807, 2.05) is 13.8 Å². The van der Waals surface area contributed by atoms with Crippen LogP contribution in [0.15, 0.2) is 12.1 Å². The van der Waals surface area contributed by atoms with Gasteiger partial charge in [-0.3, -0.25) is 9.59 Å². The largest absolute Gasteiger partial charge is 0.493 e. The van der Waals surface area contributed by atoms with Crippen molar-refractivity contribution < 1.29 is 45.8 Å². The molecule has 1 heterocycles. The smallest absolute Gasteiger partial charge is 0.453 e. The first-order valence-corrected chi connectivity index (χ1v) is 13.0. The number of methoxy groups -OCH3 is 3. The second-order valence-corrected chi connectivity index (χ2v) is 8.49. The quantitative estimate of drug-likeness (QED) is 0.161. The first-order chi connectivity index (χ1) is 17.9. The number of hydrogen-bond donors (Lipinski definition) is 0. The molecular weight excluding hydrogens is 513 g/mol. The first-order valence-electron chi connectivity index (χ1n) is 13.0. The van der Waals surface area contributed by atoms with Crippen molar-refractivity contribution in [3.8, 4) is 17.2 Å². The number of ether oxygens (including phenoxy) is 3. The zero-order chi connectivity index (χ0) is 29.5. The molecule has 1 saturated heterocycles. The van der Waals surface area contributed by atoms with E-state index in [9.17, 15) is 31.5 Å². The predicted octanol–water partition coefficient (Wildman–Crippen LogP) is 7.48. The van der Waals surface area contributed by atoms with Gasteiger partial charge in [0.05, 0.1) is 21.3 Å². The lowest BCUT2D eigenvalue weighted by Gasteiger charge is -2.24. The van der Waals surface area contributed by atoms with Crippen LogP contribution >= 0.6 is 0 Å². The molecule has 1 fully saturated rings. The predicted molar refractivity (Wildman–Crippen MR) is 137 cm³/mol. The minimum absolute atomic E-state index is 0.105. The Labute approximate surface area is 222 Å². The van der Waals surface area contributed by atoms with Crippen LogP contribution in [0.4, 0.5) is 22.0 Å². The van der Waals surface area contributed by atoms with E-state index >= 15 is 0 Å². The SMILES string of the molecule is CC.CCCCC(F)(F)C(F)(F)F.CCCCC1CCCN1C(=O)C(=O)c1cc(OC)c(OC)c(OC)c1. The van der Waals surface area contributed by atoms with Gasteiger partial charge in [-0.25, -0.2) is 0 Å². The Hall–Kier alpha value is -2.59. The highest BCUT2D eigenvalue weighted by molar-refractivity contribution is 6.43. The summed E-state index contributed by atoms with van der Waals surface area (Å²) in [6.45, 7) is 8.33. The van der Waals surface area contributed by atoms with Crippen molar-refractivity contribution in [3.63, 3.8) is 0 Å². The molecule has 1 aromatic carbocycles. The van der Waals surface area contributed by atoms with Gasteiger partial charge in [-0.05, 0) is 37.8 Å². The van der Waals surface area contributed by atoms with Crippen LogP contribution in [0.25, 0.3) is 0 Å². The lowest BCUT2D eigenvalue weighted by Crippen LogP contribution is -2.40. The van der Waals surface area contributed by atoms with Crippen LogP contribution < -0.4 is 14.2 Å². The van der Waals surface area contributed by atoms with E-state index in [0.29, 0.717) is 30.2 Å². The van der Waals surface area contributed by atoms with Crippen molar-refractivity contribution in [1.82, 2.24) is 4.90 Å². The summed E-state index contributed by atoms with van der Waals surface area (Å²) in [5.74, 6) is -4.38. The number of alkyl halides is 5. The van der Waals surface area contributed by atoms with Crippen molar-refractivity contribution in [3.05, 3.63) is 17.7 Å². The van der Waals surface area contributed by atoms with E-state index in [-0.39, 0.29) is 18.0 Å². The number of hydrogen-bond acceptors (Lipinski definition) is 5. The van der Waals surface area contributed by atoms with Gasteiger partial charge in [0, 0.05) is 24.6 Å². The average Bonchev–Trinajstić information content (AvgIpc) is 3.38. The van der Waals surface area contributed by atoms with Gasteiger partial charge in [0.15, 0.2) is 11.5 Å². The summed E-state index contributed by atoms with van der Waals surface area (Å²) < 4.78 is 74.0. The zero-order valence-electron chi connectivity index (χ0n) is 23.5. The van der Waals surface area contributed by atoms with Gasteiger partial charge >= 0.3 is 12.1 Å². The average molecular weight is 556 g/mol. The second-order valence-electron chi connectivity index (χ2n) is 8.49. The number of unbranched alkanes of at least 4 members (excludes halogenated alkanes) is 2. The Morgan fingerprint density at radius 3 is 1.87 bits per heavy atom. The van der Waals surface area contributed by atoms with Gasteiger partial charge in [-0.15, -0.1) is 0 Å². The summed E-state index contributed by atoms with van der Waals surface area (Å²) >= 11 is 0. The lowest BCUT2D eigenvalue weighted by atomic mass is 10.1. The standard InChI is InChI=1S/C19H27NO5.C6H9F5.C2H6/c1-5-6-8-14-9-7-10-20(14)19(22)17(21)13-11-15(23-2)18(25-4)16(12-13)24-3;1-2-3-4-5(7,8)6(9,10)11;1-2/h11-12,14H,5-10H2,1-4H3;2-4H2,1H3;1-2H3. The number of nitrogens with zero attached hydrogens (tertiary/aromatic N) is 1. The third-order valence-corrected chi connectivity index (χ3v) is 5.91. The van der Waals surface area contributed by atoms with Crippen LogP contribution in [0.5, 0.6) is 17.2 Å². The van der Waals surface area contributed by atoms with E-state index in [1.165, 1.54) is 33.5 Å². The highest BCUT2D eigenvalue weighted by Crippen LogP contribution is 2.39. The number of rotatable bonds is 11. The molecule has 1 atom stereocenters. The number of benzene rings is 1. The molecular formula is C27H42F5NO5. The van der Waals surface area contributed by atoms with Crippen molar-refractivity contribution >= 4 is 11.7 Å². The molecule has 0 saturated carbocycles. The van der Waals surface area contributed by atoms with Crippen LogP contribution in [0.3, 0.4) is 0 Å². The first kappa shape index (κ1) is 35.4. The Morgan fingerprint density at radius 1 is 0.921 bits per heavy atom. The molecule has 1 aliphatic heterocycles. The molecule has 0 N–H and O–H groups in total. The van der Waals surface area contributed by atoms with Gasteiger partial charge in [0.2, 0.25) is 5.75 Å². The summed E-state index contributed by atoms with van der Waals surface area (Å²) in [5.41, 5.74) is 0.251. The van der Waals surface area contributed by atoms with E-state index in [2.05, 4.69) is 6.92 Å². The molecule has 0 aliphatic carbocycles. The fraction of sp³-hybridized carbons (Fsp3) is 0.704. The van der Waals surface area contributed by atoms with Crippen molar-refractivity contribution in [2.24, 2.45) is 0 Å². The molecule has 0 radical (unpaired) electrons. The number of amides is 1. The minimum atomic E-state index is -5.39. The number of carbonyl (C=O) groups excluding carboxylic acids is 2. The Kier molecular flexibility index (Phi) is 15.9. The highest BCUT2D eigenvalue weighted by Gasteiger charge is 2.56. The molecule has 0 bridgehead atoms. The Bertz CT molecular complexity index is 836. The minimum Gasteiger partial charge on any atom is -0.493 e. The number of halogens is 5. The van der Waals surface area contributed by atoms with Gasteiger partial charge in [0.1, 0.15) is 0 Å². The normalized spacial score (nSPS) is 15.1. The molecule has 0 spiro atoms. The number of Topliss-reactive ketones (excluding diaryl/α,β-unsaturated/α-hetero) is 1.